The second kappa shape index (κ2) is 7.23. The minimum Gasteiger partial charge on any atom is -0.506 e. The Labute approximate surface area is 152 Å². The largest absolute Gasteiger partial charge is 0.506 e. The van der Waals surface area contributed by atoms with Crippen LogP contribution in [0.2, 0.25) is 0 Å². The van der Waals surface area contributed by atoms with Crippen molar-refractivity contribution < 1.29 is 15.0 Å². The molecule has 138 valence electrons. The third-order valence-corrected chi connectivity index (χ3v) is 5.06. The molecule has 0 amide bonds. The van der Waals surface area contributed by atoms with Crippen LogP contribution in [0.1, 0.15) is 47.7 Å². The maximum absolute atomic E-state index is 12.2. The third kappa shape index (κ3) is 3.19. The van der Waals surface area contributed by atoms with E-state index in [0.29, 0.717) is 17.7 Å². The molecule has 1 aromatic carbocycles. The Morgan fingerprint density at radius 1 is 1.23 bits per heavy atom. The van der Waals surface area contributed by atoms with Crippen LogP contribution in [0, 0.1) is 6.92 Å². The van der Waals surface area contributed by atoms with Crippen molar-refractivity contribution in [3.05, 3.63) is 45.2 Å². The number of nitrogens with zero attached hydrogens (tertiary/aromatic N) is 1. The van der Waals surface area contributed by atoms with Crippen molar-refractivity contribution in [3.8, 4) is 17.0 Å². The molecule has 6 heteroatoms. The minimum atomic E-state index is -1.43. The summed E-state index contributed by atoms with van der Waals surface area (Å²) >= 11 is 0. The van der Waals surface area contributed by atoms with E-state index in [-0.39, 0.29) is 0 Å². The lowest BCUT2D eigenvalue weighted by molar-refractivity contribution is 0.0691. The smallest absolute Gasteiger partial charge is 0.345 e. The number of pyridine rings is 1. The molecule has 3 N–H and O–H groups in total. The van der Waals surface area contributed by atoms with Gasteiger partial charge in [0.05, 0.1) is 5.69 Å². The van der Waals surface area contributed by atoms with E-state index in [1.807, 2.05) is 26.0 Å². The number of carbonyl (C=O) groups is 1. The highest BCUT2D eigenvalue weighted by Gasteiger charge is 2.22. The molecule has 0 radical (unpaired) electrons. The number of benzene rings is 1. The van der Waals surface area contributed by atoms with Crippen LogP contribution in [-0.4, -0.2) is 34.3 Å². The summed E-state index contributed by atoms with van der Waals surface area (Å²) in [6, 6.07) is 6.04. The first kappa shape index (κ1) is 18.0. The van der Waals surface area contributed by atoms with Crippen LogP contribution in [0.25, 0.3) is 11.3 Å². The number of carboxylic acid groups (broad SMARTS) is 1. The van der Waals surface area contributed by atoms with Gasteiger partial charge in [0.2, 0.25) is 0 Å². The van der Waals surface area contributed by atoms with Crippen molar-refractivity contribution in [2.45, 2.75) is 39.5 Å². The zero-order valence-corrected chi connectivity index (χ0v) is 15.1. The number of H-pyrrole nitrogens is 1. The molecule has 0 aliphatic carbocycles. The van der Waals surface area contributed by atoms with Crippen molar-refractivity contribution in [2.24, 2.45) is 0 Å². The molecule has 1 fully saturated rings. The summed E-state index contributed by atoms with van der Waals surface area (Å²) in [4.78, 5) is 28.4. The van der Waals surface area contributed by atoms with Crippen LogP contribution in [0.3, 0.4) is 0 Å². The highest BCUT2D eigenvalue weighted by molar-refractivity contribution is 5.92. The monoisotopic (exact) mass is 356 g/mol. The molecule has 0 atom stereocenters. The molecule has 1 aliphatic heterocycles. The Morgan fingerprint density at radius 2 is 1.92 bits per heavy atom. The predicted molar refractivity (Wildman–Crippen MR) is 101 cm³/mol. The molecule has 2 aromatic rings. The van der Waals surface area contributed by atoms with E-state index in [1.54, 1.807) is 0 Å². The molecule has 0 bridgehead atoms. The number of hydrogen-bond donors (Lipinski definition) is 3. The lowest BCUT2D eigenvalue weighted by Crippen LogP contribution is -2.29. The Morgan fingerprint density at radius 3 is 2.50 bits per heavy atom. The Kier molecular flexibility index (Phi) is 5.02. The van der Waals surface area contributed by atoms with Crippen molar-refractivity contribution >= 4 is 11.7 Å². The summed E-state index contributed by atoms with van der Waals surface area (Å²) in [7, 11) is 0. The topological polar surface area (TPSA) is 93.6 Å². The normalized spacial score (nSPS) is 14.5. The van der Waals surface area contributed by atoms with E-state index < -0.39 is 22.8 Å². The van der Waals surface area contributed by atoms with Gasteiger partial charge in [0.15, 0.2) is 5.56 Å². The second-order valence-electron chi connectivity index (χ2n) is 6.74. The number of aromatic amines is 1. The van der Waals surface area contributed by atoms with Gasteiger partial charge < -0.3 is 20.1 Å². The molecule has 1 saturated heterocycles. The van der Waals surface area contributed by atoms with Crippen LogP contribution >= 0.6 is 0 Å². The number of aromatic hydroxyl groups is 1. The fraction of sp³-hybridized carbons (Fsp3) is 0.400. The van der Waals surface area contributed by atoms with Crippen LogP contribution in [0.5, 0.6) is 5.75 Å². The summed E-state index contributed by atoms with van der Waals surface area (Å²) in [6.07, 6.45) is 4.06. The number of aromatic carboxylic acids is 1. The molecule has 0 unspecified atom stereocenters. The Hall–Kier alpha value is -2.76. The fourth-order valence-corrected chi connectivity index (χ4v) is 3.68. The minimum absolute atomic E-state index is 0.408. The van der Waals surface area contributed by atoms with Crippen LogP contribution in [-0.2, 0) is 6.42 Å². The Balaban J connectivity index is 2.09. The predicted octanol–water partition coefficient (Wildman–Crippen LogP) is 3.31. The van der Waals surface area contributed by atoms with Gasteiger partial charge in [-0.15, -0.1) is 0 Å². The van der Waals surface area contributed by atoms with Crippen LogP contribution in [0.4, 0.5) is 5.69 Å². The van der Waals surface area contributed by atoms with Gasteiger partial charge in [-0.25, -0.2) is 4.79 Å². The Bertz CT molecular complexity index is 895. The van der Waals surface area contributed by atoms with Gasteiger partial charge >= 0.3 is 5.97 Å². The molecule has 2 heterocycles. The van der Waals surface area contributed by atoms with Gasteiger partial charge in [-0.2, -0.15) is 0 Å². The van der Waals surface area contributed by atoms with Crippen molar-refractivity contribution in [2.75, 3.05) is 18.0 Å². The average Bonchev–Trinajstić information content (AvgIpc) is 2.61. The van der Waals surface area contributed by atoms with Gasteiger partial charge in [0, 0.05) is 29.9 Å². The summed E-state index contributed by atoms with van der Waals surface area (Å²) in [5.74, 6) is -1.87. The SMILES string of the molecule is CCc1c(-c2ccc(N3CCCCC3)cc2C)[nH]c(=O)c(C(=O)O)c1O. The van der Waals surface area contributed by atoms with Gasteiger partial charge in [0.1, 0.15) is 5.75 Å². The molecule has 6 nitrogen and oxygen atoms in total. The highest BCUT2D eigenvalue weighted by Crippen LogP contribution is 2.33. The van der Waals surface area contributed by atoms with Crippen molar-refractivity contribution in [1.82, 2.24) is 4.98 Å². The van der Waals surface area contributed by atoms with E-state index in [1.165, 1.54) is 19.3 Å². The summed E-state index contributed by atoms with van der Waals surface area (Å²) in [6.45, 7) is 5.87. The number of aryl methyl sites for hydroxylation is 1. The number of carboxylic acids is 1. The summed E-state index contributed by atoms with van der Waals surface area (Å²) in [5, 5.41) is 19.5. The number of piperidine rings is 1. The fourth-order valence-electron chi connectivity index (χ4n) is 3.68. The number of hydrogen-bond acceptors (Lipinski definition) is 4. The first-order chi connectivity index (χ1) is 12.4. The summed E-state index contributed by atoms with van der Waals surface area (Å²) < 4.78 is 0. The number of rotatable bonds is 4. The number of anilines is 1. The van der Waals surface area contributed by atoms with Gasteiger partial charge in [-0.1, -0.05) is 13.0 Å². The van der Waals surface area contributed by atoms with Crippen LogP contribution in [0.15, 0.2) is 23.0 Å². The van der Waals surface area contributed by atoms with Crippen molar-refractivity contribution in [1.29, 1.82) is 0 Å². The van der Waals surface area contributed by atoms with Crippen molar-refractivity contribution in [3.63, 3.8) is 0 Å². The van der Waals surface area contributed by atoms with E-state index in [9.17, 15) is 19.8 Å². The maximum Gasteiger partial charge on any atom is 0.345 e. The van der Waals surface area contributed by atoms with E-state index in [4.69, 9.17) is 0 Å². The first-order valence-electron chi connectivity index (χ1n) is 9.01. The van der Waals surface area contributed by atoms with Gasteiger partial charge in [-0.3, -0.25) is 4.79 Å². The second-order valence-corrected chi connectivity index (χ2v) is 6.74. The van der Waals surface area contributed by atoms with E-state index >= 15 is 0 Å². The highest BCUT2D eigenvalue weighted by atomic mass is 16.4. The van der Waals surface area contributed by atoms with Gasteiger partial charge in [-0.05, 0) is 50.3 Å². The number of aromatic nitrogens is 1. The quantitative estimate of drug-likeness (QED) is 0.781. The first-order valence-corrected chi connectivity index (χ1v) is 9.01. The molecule has 1 aromatic heterocycles. The lowest BCUT2D eigenvalue weighted by atomic mass is 9.96. The maximum atomic E-state index is 12.2. The molecule has 1 aliphatic rings. The lowest BCUT2D eigenvalue weighted by Gasteiger charge is -2.29. The van der Waals surface area contributed by atoms with Gasteiger partial charge in [0.25, 0.3) is 5.56 Å². The standard InChI is InChI=1S/C20H24N2O4/c1-3-14-17(21-19(24)16(18(14)23)20(25)26)15-8-7-13(11-12(15)2)22-9-5-4-6-10-22/h7-8,11H,3-6,9-10H2,1-2H3,(H,25,26)(H2,21,23,24). The zero-order valence-electron chi connectivity index (χ0n) is 15.1. The molecular weight excluding hydrogens is 332 g/mol. The molecule has 0 saturated carbocycles. The average molecular weight is 356 g/mol. The third-order valence-electron chi connectivity index (χ3n) is 5.06. The van der Waals surface area contributed by atoms with Crippen LogP contribution < -0.4 is 10.5 Å². The van der Waals surface area contributed by atoms with E-state index in [2.05, 4.69) is 16.0 Å². The molecular formula is C20H24N2O4. The number of nitrogens with one attached hydrogen (secondary N) is 1. The zero-order chi connectivity index (χ0) is 18.8. The molecule has 0 spiro atoms. The molecule has 3 rings (SSSR count). The van der Waals surface area contributed by atoms with E-state index in [0.717, 1.165) is 29.9 Å². The molecule has 26 heavy (non-hydrogen) atoms. The summed E-state index contributed by atoms with van der Waals surface area (Å²) in [5.41, 5.74) is 2.46.